The van der Waals surface area contributed by atoms with Crippen molar-refractivity contribution in [1.29, 1.82) is 0 Å². The molecule has 2 N–H and O–H groups in total. The summed E-state index contributed by atoms with van der Waals surface area (Å²) in [7, 11) is 0. The van der Waals surface area contributed by atoms with E-state index in [0.29, 0.717) is 6.17 Å². The highest BCUT2D eigenvalue weighted by molar-refractivity contribution is 5.72. The van der Waals surface area contributed by atoms with E-state index in [1.54, 1.807) is 6.92 Å². The summed E-state index contributed by atoms with van der Waals surface area (Å²) < 4.78 is 0.868. The van der Waals surface area contributed by atoms with E-state index in [9.17, 15) is 4.79 Å². The molecule has 1 aliphatic heterocycles. The van der Waals surface area contributed by atoms with Gasteiger partial charge in [-0.15, -0.1) is 0 Å². The average Bonchev–Trinajstić information content (AvgIpc) is 2.93. The molecule has 0 aromatic heterocycles. The quantitative estimate of drug-likeness (QED) is 0.327. The number of nitrogens with one attached hydrogen (secondary N) is 2. The second-order valence-corrected chi connectivity index (χ2v) is 6.54. The van der Waals surface area contributed by atoms with Crippen LogP contribution in [0.15, 0.2) is 24.6 Å². The summed E-state index contributed by atoms with van der Waals surface area (Å²) >= 11 is 0. The van der Waals surface area contributed by atoms with E-state index < -0.39 is 0 Å². The number of rotatable bonds is 12. The number of hydrogen-bond acceptors (Lipinski definition) is 2. The van der Waals surface area contributed by atoms with Crippen molar-refractivity contribution in [2.24, 2.45) is 0 Å². The molecule has 1 heterocycles. The monoisotopic (exact) mass is 322 g/mol. The molecule has 1 rings (SSSR count). The van der Waals surface area contributed by atoms with Gasteiger partial charge in [-0.3, -0.25) is 9.28 Å². The van der Waals surface area contributed by atoms with Crippen LogP contribution in [0.1, 0.15) is 65.7 Å². The molecule has 0 radical (unpaired) electrons. The number of carbonyl (C=O) groups is 1. The van der Waals surface area contributed by atoms with E-state index in [1.807, 2.05) is 0 Å². The van der Waals surface area contributed by atoms with Crippen molar-refractivity contribution in [1.82, 2.24) is 10.6 Å². The predicted molar refractivity (Wildman–Crippen MR) is 97.5 cm³/mol. The van der Waals surface area contributed by atoms with Crippen LogP contribution in [0.2, 0.25) is 0 Å². The Morgan fingerprint density at radius 3 is 2.65 bits per heavy atom. The van der Waals surface area contributed by atoms with Gasteiger partial charge in [0.05, 0.1) is 19.3 Å². The molecule has 0 fully saturated rings. The maximum absolute atomic E-state index is 11.1. The van der Waals surface area contributed by atoms with E-state index in [1.165, 1.54) is 44.9 Å². The lowest BCUT2D eigenvalue weighted by molar-refractivity contribution is -0.891. The fourth-order valence-corrected chi connectivity index (χ4v) is 3.14. The van der Waals surface area contributed by atoms with Crippen LogP contribution in [0.3, 0.4) is 0 Å². The Bertz CT molecular complexity index is 392. The number of carbonyl (C=O) groups excluding carboxylic acids is 1. The third-order valence-corrected chi connectivity index (χ3v) is 4.73. The third kappa shape index (κ3) is 7.21. The normalized spacial score (nSPS) is 23.3. The van der Waals surface area contributed by atoms with Gasteiger partial charge in [-0.1, -0.05) is 45.1 Å². The lowest BCUT2D eigenvalue weighted by Gasteiger charge is -2.35. The molecule has 23 heavy (non-hydrogen) atoms. The Labute approximate surface area is 142 Å². The van der Waals surface area contributed by atoms with Crippen molar-refractivity contribution in [2.45, 2.75) is 71.9 Å². The lowest BCUT2D eigenvalue weighted by Crippen LogP contribution is -2.54. The molecule has 0 aromatic rings. The van der Waals surface area contributed by atoms with E-state index in [-0.39, 0.29) is 5.91 Å². The maximum atomic E-state index is 11.1. The van der Waals surface area contributed by atoms with Crippen LogP contribution in [-0.2, 0) is 4.79 Å². The van der Waals surface area contributed by atoms with Gasteiger partial charge in [0.2, 0.25) is 5.91 Å². The fraction of sp³-hybridized carbons (Fsp3) is 0.737. The summed E-state index contributed by atoms with van der Waals surface area (Å²) in [6.07, 6.45) is 18.5. The molecule has 2 atom stereocenters. The van der Waals surface area contributed by atoms with Gasteiger partial charge < -0.3 is 10.6 Å². The zero-order valence-electron chi connectivity index (χ0n) is 15.3. The maximum Gasteiger partial charge on any atom is 0.217 e. The largest absolute Gasteiger partial charge is 0.351 e. The van der Waals surface area contributed by atoms with Crippen LogP contribution in [0.4, 0.5) is 0 Å². The minimum atomic E-state index is 0.0468. The van der Waals surface area contributed by atoms with E-state index in [4.69, 9.17) is 0 Å². The molecule has 4 nitrogen and oxygen atoms in total. The number of hydrogen-bond donors (Lipinski definition) is 2. The first-order valence-electron chi connectivity index (χ1n) is 9.36. The summed E-state index contributed by atoms with van der Waals surface area (Å²) in [4.78, 5) is 11.1. The van der Waals surface area contributed by atoms with Gasteiger partial charge in [0.1, 0.15) is 12.7 Å². The van der Waals surface area contributed by atoms with Crippen LogP contribution >= 0.6 is 0 Å². The molecule has 0 aromatic carbocycles. The van der Waals surface area contributed by atoms with Gasteiger partial charge in [0, 0.05) is 6.92 Å². The number of nitrogens with zero attached hydrogens (tertiary/aromatic N) is 1. The Morgan fingerprint density at radius 1 is 1.22 bits per heavy atom. The van der Waals surface area contributed by atoms with E-state index in [2.05, 4.69) is 49.0 Å². The zero-order chi connectivity index (χ0) is 17.0. The SMILES string of the molecule is CCCCCCCC/C=C/C1NC=C[N+]1(CC)CCNC(C)=O. The van der Waals surface area contributed by atoms with Crippen molar-refractivity contribution in [3.8, 4) is 0 Å². The van der Waals surface area contributed by atoms with E-state index >= 15 is 0 Å². The summed E-state index contributed by atoms with van der Waals surface area (Å²) in [5, 5.41) is 6.36. The van der Waals surface area contributed by atoms with Gasteiger partial charge in [-0.05, 0) is 25.8 Å². The first-order chi connectivity index (χ1) is 11.1. The fourth-order valence-electron chi connectivity index (χ4n) is 3.14. The Balaban J connectivity index is 2.32. The van der Waals surface area contributed by atoms with Crippen molar-refractivity contribution in [3.05, 3.63) is 24.6 Å². The summed E-state index contributed by atoms with van der Waals surface area (Å²) in [5.41, 5.74) is 0. The van der Waals surface area contributed by atoms with Crippen LogP contribution < -0.4 is 10.6 Å². The van der Waals surface area contributed by atoms with Crippen molar-refractivity contribution < 1.29 is 9.28 Å². The molecule has 132 valence electrons. The number of unbranched alkanes of at least 4 members (excludes halogenated alkanes) is 6. The molecule has 4 heteroatoms. The molecule has 0 saturated heterocycles. The smallest absolute Gasteiger partial charge is 0.217 e. The first-order valence-corrected chi connectivity index (χ1v) is 9.36. The van der Waals surface area contributed by atoms with Crippen molar-refractivity contribution in [3.63, 3.8) is 0 Å². The molecule has 1 aliphatic rings. The topological polar surface area (TPSA) is 41.1 Å². The highest BCUT2D eigenvalue weighted by atomic mass is 16.1. The van der Waals surface area contributed by atoms with Crippen LogP contribution in [0, 0.1) is 0 Å². The summed E-state index contributed by atoms with van der Waals surface area (Å²) in [6, 6.07) is 0. The Kier molecular flexibility index (Phi) is 9.69. The van der Waals surface area contributed by atoms with Gasteiger partial charge in [-0.25, -0.2) is 0 Å². The van der Waals surface area contributed by atoms with Gasteiger partial charge >= 0.3 is 0 Å². The van der Waals surface area contributed by atoms with Gasteiger partial charge in [0.15, 0.2) is 6.17 Å². The average molecular weight is 323 g/mol. The molecule has 0 spiro atoms. The van der Waals surface area contributed by atoms with Crippen LogP contribution in [0.25, 0.3) is 0 Å². The number of quaternary nitrogens is 1. The second-order valence-electron chi connectivity index (χ2n) is 6.54. The third-order valence-electron chi connectivity index (χ3n) is 4.73. The summed E-state index contributed by atoms with van der Waals surface area (Å²) in [5.74, 6) is 0.0468. The highest BCUT2D eigenvalue weighted by Crippen LogP contribution is 2.19. The zero-order valence-corrected chi connectivity index (χ0v) is 15.3. The predicted octanol–water partition coefficient (Wildman–Crippen LogP) is 3.67. The standard InChI is InChI=1S/C19H35N3O/c1-4-6-7-8-9-10-11-12-13-19-21-15-17-22(19,5-2)16-14-20-18(3)23/h12-13,15,17,19,21H,4-11,14,16H2,1-3H3/p+1/b13-12+. The van der Waals surface area contributed by atoms with Gasteiger partial charge in [0.25, 0.3) is 0 Å². The minimum Gasteiger partial charge on any atom is -0.351 e. The number of allylic oxidation sites excluding steroid dienone is 1. The minimum absolute atomic E-state index is 0.0468. The highest BCUT2D eigenvalue weighted by Gasteiger charge is 2.34. The molecule has 2 unspecified atom stereocenters. The molecule has 0 saturated carbocycles. The molecular formula is C19H36N3O+. The lowest BCUT2D eigenvalue weighted by atomic mass is 10.1. The van der Waals surface area contributed by atoms with Crippen LogP contribution in [-0.4, -0.2) is 36.2 Å². The van der Waals surface area contributed by atoms with Crippen LogP contribution in [0.5, 0.6) is 0 Å². The second kappa shape index (κ2) is 11.3. The number of likely N-dealkylation sites (N-methyl/N-ethyl adjacent to an activating group) is 1. The molecule has 0 bridgehead atoms. The molecular weight excluding hydrogens is 286 g/mol. The molecule has 1 amide bonds. The Hall–Kier alpha value is -1.29. The van der Waals surface area contributed by atoms with E-state index in [0.717, 1.165) is 24.1 Å². The first kappa shape index (κ1) is 19.8. The van der Waals surface area contributed by atoms with Crippen molar-refractivity contribution >= 4 is 5.91 Å². The molecule has 0 aliphatic carbocycles. The Morgan fingerprint density at radius 2 is 1.96 bits per heavy atom. The summed E-state index contributed by atoms with van der Waals surface area (Å²) in [6.45, 7) is 8.71. The van der Waals surface area contributed by atoms with Gasteiger partial charge in [-0.2, -0.15) is 0 Å². The van der Waals surface area contributed by atoms with Crippen molar-refractivity contribution in [2.75, 3.05) is 19.6 Å². The number of amides is 1.